The van der Waals surface area contributed by atoms with Crippen LogP contribution in [0.15, 0.2) is 23.3 Å². The molecule has 0 saturated heterocycles. The van der Waals surface area contributed by atoms with E-state index in [9.17, 15) is 0 Å². The van der Waals surface area contributed by atoms with Crippen LogP contribution in [0.4, 0.5) is 0 Å². The molecule has 0 radical (unpaired) electrons. The van der Waals surface area contributed by atoms with Crippen LogP contribution in [0.5, 0.6) is 5.75 Å². The summed E-state index contributed by atoms with van der Waals surface area (Å²) in [5.41, 5.74) is 10.1. The fraction of sp³-hybridized carbons (Fsp3) is 0.333. The Hall–Kier alpha value is -2.11. The van der Waals surface area contributed by atoms with Crippen molar-refractivity contribution < 1.29 is 4.74 Å². The lowest BCUT2D eigenvalue weighted by Gasteiger charge is -2.03. The molecule has 4 heteroatoms. The largest absolute Gasteiger partial charge is 0.495 e. The molecule has 16 heavy (non-hydrogen) atoms. The lowest BCUT2D eigenvalue weighted by atomic mass is 10.1. The summed E-state index contributed by atoms with van der Waals surface area (Å²) in [6, 6.07) is 5.84. The molecule has 0 amide bonds. The third-order valence-electron chi connectivity index (χ3n) is 1.98. The monoisotopic (exact) mass is 215 g/mol. The van der Waals surface area contributed by atoms with Gasteiger partial charge in [-0.05, 0) is 30.2 Å². The summed E-state index contributed by atoms with van der Waals surface area (Å²) in [5, 5.41) is 3.41. The molecule has 0 saturated carbocycles. The number of nitrogens with zero attached hydrogens (tertiary/aromatic N) is 3. The number of rotatable bonds is 3. The molecular formula is C12H13N3O. The van der Waals surface area contributed by atoms with Crippen molar-refractivity contribution in [1.82, 2.24) is 0 Å². The highest BCUT2D eigenvalue weighted by Crippen LogP contribution is 2.18. The number of hydrogen-bond donors (Lipinski definition) is 0. The SMILES string of the molecule is COc1ccc(C)cc1C#CCCN=[N+]=[N-]. The zero-order chi connectivity index (χ0) is 11.8. The van der Waals surface area contributed by atoms with E-state index in [0.29, 0.717) is 13.0 Å². The van der Waals surface area contributed by atoms with Gasteiger partial charge in [0.2, 0.25) is 0 Å². The number of ether oxygens (including phenoxy) is 1. The molecule has 0 heterocycles. The minimum Gasteiger partial charge on any atom is -0.495 e. The molecule has 0 bridgehead atoms. The summed E-state index contributed by atoms with van der Waals surface area (Å²) < 4.78 is 5.19. The first-order valence-electron chi connectivity index (χ1n) is 4.92. The van der Waals surface area contributed by atoms with Crippen LogP contribution in [0.3, 0.4) is 0 Å². The van der Waals surface area contributed by atoms with Crippen LogP contribution in [0.25, 0.3) is 10.4 Å². The summed E-state index contributed by atoms with van der Waals surface area (Å²) in [4.78, 5) is 2.66. The fourth-order valence-electron chi connectivity index (χ4n) is 1.23. The van der Waals surface area contributed by atoms with E-state index in [1.165, 1.54) is 0 Å². The molecule has 0 aliphatic carbocycles. The maximum absolute atomic E-state index is 8.09. The van der Waals surface area contributed by atoms with Crippen molar-refractivity contribution in [1.29, 1.82) is 0 Å². The van der Waals surface area contributed by atoms with Crippen LogP contribution < -0.4 is 4.74 Å². The molecule has 0 unspecified atom stereocenters. The Kier molecular flexibility index (Phi) is 4.78. The number of hydrogen-bond acceptors (Lipinski definition) is 2. The van der Waals surface area contributed by atoms with Gasteiger partial charge in [-0.15, -0.1) is 0 Å². The summed E-state index contributed by atoms with van der Waals surface area (Å²) in [7, 11) is 1.62. The number of azide groups is 1. The smallest absolute Gasteiger partial charge is 0.134 e. The third kappa shape index (κ3) is 3.56. The van der Waals surface area contributed by atoms with E-state index >= 15 is 0 Å². The first kappa shape index (κ1) is 12.0. The normalized spacial score (nSPS) is 8.62. The molecule has 0 spiro atoms. The topological polar surface area (TPSA) is 58.0 Å². The summed E-state index contributed by atoms with van der Waals surface area (Å²) >= 11 is 0. The lowest BCUT2D eigenvalue weighted by molar-refractivity contribution is 0.413. The first-order chi connectivity index (χ1) is 7.77. The van der Waals surface area contributed by atoms with E-state index in [-0.39, 0.29) is 0 Å². The molecule has 1 aromatic carbocycles. The molecular weight excluding hydrogens is 202 g/mol. The summed E-state index contributed by atoms with van der Waals surface area (Å²) in [6.07, 6.45) is 0.557. The number of benzene rings is 1. The Bertz CT molecular complexity index is 465. The summed E-state index contributed by atoms with van der Waals surface area (Å²) in [5.74, 6) is 6.71. The van der Waals surface area contributed by atoms with Gasteiger partial charge in [-0.2, -0.15) is 0 Å². The second kappa shape index (κ2) is 6.39. The Morgan fingerprint density at radius 3 is 3.00 bits per heavy atom. The van der Waals surface area contributed by atoms with Crippen molar-refractivity contribution in [2.45, 2.75) is 13.3 Å². The van der Waals surface area contributed by atoms with Gasteiger partial charge in [0.1, 0.15) is 5.75 Å². The van der Waals surface area contributed by atoms with Gasteiger partial charge in [0.05, 0.1) is 12.7 Å². The van der Waals surface area contributed by atoms with E-state index in [1.54, 1.807) is 7.11 Å². The van der Waals surface area contributed by atoms with Crippen LogP contribution in [0, 0.1) is 18.8 Å². The first-order valence-corrected chi connectivity index (χ1v) is 4.92. The van der Waals surface area contributed by atoms with E-state index in [2.05, 4.69) is 21.9 Å². The highest BCUT2D eigenvalue weighted by molar-refractivity contribution is 5.47. The maximum Gasteiger partial charge on any atom is 0.134 e. The number of methoxy groups -OCH3 is 1. The van der Waals surface area contributed by atoms with Crippen LogP contribution >= 0.6 is 0 Å². The molecule has 4 nitrogen and oxygen atoms in total. The number of aryl methyl sites for hydroxylation is 1. The van der Waals surface area contributed by atoms with Gasteiger partial charge in [0.25, 0.3) is 0 Å². The second-order valence-electron chi connectivity index (χ2n) is 3.21. The third-order valence-corrected chi connectivity index (χ3v) is 1.98. The van der Waals surface area contributed by atoms with Crippen LogP contribution in [0.2, 0.25) is 0 Å². The minimum atomic E-state index is 0.400. The minimum absolute atomic E-state index is 0.400. The van der Waals surface area contributed by atoms with Crippen LogP contribution in [-0.2, 0) is 0 Å². The van der Waals surface area contributed by atoms with Gasteiger partial charge in [-0.3, -0.25) is 0 Å². The van der Waals surface area contributed by atoms with Crippen LogP contribution in [-0.4, -0.2) is 13.7 Å². The molecule has 0 aliphatic rings. The predicted molar refractivity (Wildman–Crippen MR) is 63.2 cm³/mol. The van der Waals surface area contributed by atoms with E-state index in [1.807, 2.05) is 25.1 Å². The van der Waals surface area contributed by atoms with Crippen molar-refractivity contribution in [2.24, 2.45) is 5.11 Å². The van der Waals surface area contributed by atoms with E-state index in [0.717, 1.165) is 16.9 Å². The highest BCUT2D eigenvalue weighted by Gasteiger charge is 1.98. The van der Waals surface area contributed by atoms with Gasteiger partial charge in [0, 0.05) is 17.9 Å². The Morgan fingerprint density at radius 2 is 2.31 bits per heavy atom. The average molecular weight is 215 g/mol. The van der Waals surface area contributed by atoms with Gasteiger partial charge >= 0.3 is 0 Å². The van der Waals surface area contributed by atoms with Crippen LogP contribution in [0.1, 0.15) is 17.5 Å². The van der Waals surface area contributed by atoms with Crippen molar-refractivity contribution in [2.75, 3.05) is 13.7 Å². The van der Waals surface area contributed by atoms with Gasteiger partial charge in [0.15, 0.2) is 0 Å². The molecule has 0 aromatic heterocycles. The molecule has 0 aliphatic heterocycles. The van der Waals surface area contributed by atoms with E-state index in [4.69, 9.17) is 10.3 Å². The standard InChI is InChI=1S/C12H13N3O/c1-10-6-7-12(16-2)11(9-10)5-3-4-8-14-15-13/h6-7,9H,4,8H2,1-2H3. The molecule has 1 aromatic rings. The second-order valence-corrected chi connectivity index (χ2v) is 3.21. The predicted octanol–water partition coefficient (Wildman–Crippen LogP) is 3.06. The van der Waals surface area contributed by atoms with Gasteiger partial charge in [-0.25, -0.2) is 0 Å². The molecule has 0 atom stereocenters. The molecule has 82 valence electrons. The fourth-order valence-corrected chi connectivity index (χ4v) is 1.23. The van der Waals surface area contributed by atoms with Crippen molar-refractivity contribution in [3.63, 3.8) is 0 Å². The van der Waals surface area contributed by atoms with Crippen molar-refractivity contribution in [3.05, 3.63) is 39.8 Å². The zero-order valence-corrected chi connectivity index (χ0v) is 9.40. The van der Waals surface area contributed by atoms with Gasteiger partial charge in [-0.1, -0.05) is 23.0 Å². The quantitative estimate of drug-likeness (QED) is 0.251. The average Bonchev–Trinajstić information content (AvgIpc) is 2.29. The Balaban J connectivity index is 2.78. The molecule has 0 fully saturated rings. The molecule has 1 rings (SSSR count). The van der Waals surface area contributed by atoms with Gasteiger partial charge < -0.3 is 4.74 Å². The molecule has 0 N–H and O–H groups in total. The van der Waals surface area contributed by atoms with Crippen molar-refractivity contribution >= 4 is 0 Å². The summed E-state index contributed by atoms with van der Waals surface area (Å²) in [6.45, 7) is 2.40. The zero-order valence-electron chi connectivity index (χ0n) is 9.40. The maximum atomic E-state index is 8.09. The van der Waals surface area contributed by atoms with E-state index < -0.39 is 0 Å². The Morgan fingerprint density at radius 1 is 1.50 bits per heavy atom. The highest BCUT2D eigenvalue weighted by atomic mass is 16.5. The lowest BCUT2D eigenvalue weighted by Crippen LogP contribution is -1.88. The Labute approximate surface area is 94.9 Å². The van der Waals surface area contributed by atoms with Crippen molar-refractivity contribution in [3.8, 4) is 17.6 Å².